The Labute approximate surface area is 132 Å². The number of nitriles is 1. The molecule has 1 heterocycles. The van der Waals surface area contributed by atoms with Gasteiger partial charge in [-0.25, -0.2) is 0 Å². The molecule has 0 bridgehead atoms. The predicted molar refractivity (Wildman–Crippen MR) is 84.7 cm³/mol. The molecule has 1 aromatic carbocycles. The summed E-state index contributed by atoms with van der Waals surface area (Å²) in [5, 5.41) is 10.6. The molecule has 1 aliphatic carbocycles. The first-order valence-electron chi connectivity index (χ1n) is 8.01. The van der Waals surface area contributed by atoms with Gasteiger partial charge in [0.15, 0.2) is 0 Å². The zero-order chi connectivity index (χ0) is 14.9. The van der Waals surface area contributed by atoms with Crippen molar-refractivity contribution in [2.45, 2.75) is 51.9 Å². The topological polar surface area (TPSA) is 33.0 Å². The number of fused-ring (bicyclic) bond motifs is 1. The molecule has 0 N–H and O–H groups in total. The summed E-state index contributed by atoms with van der Waals surface area (Å²) in [6.45, 7) is 2.97. The molecule has 0 radical (unpaired) electrons. The Morgan fingerprint density at radius 1 is 1.48 bits per heavy atom. The Hall–Kier alpha value is -1.20. The third kappa shape index (κ3) is 2.90. The summed E-state index contributed by atoms with van der Waals surface area (Å²) in [4.78, 5) is 0. The van der Waals surface area contributed by atoms with Gasteiger partial charge in [-0.1, -0.05) is 37.8 Å². The molecule has 1 fully saturated rings. The van der Waals surface area contributed by atoms with E-state index in [1.165, 1.54) is 18.4 Å². The monoisotopic (exact) mass is 303 g/mol. The van der Waals surface area contributed by atoms with Crippen molar-refractivity contribution in [2.75, 3.05) is 6.61 Å². The molecule has 3 heteroatoms. The fourth-order valence-corrected chi connectivity index (χ4v) is 4.24. The van der Waals surface area contributed by atoms with Crippen LogP contribution in [0.3, 0.4) is 0 Å². The minimum Gasteiger partial charge on any atom is -0.493 e. The second-order valence-electron chi connectivity index (χ2n) is 6.59. The van der Waals surface area contributed by atoms with E-state index in [1.54, 1.807) is 0 Å². The van der Waals surface area contributed by atoms with Gasteiger partial charge in [0.1, 0.15) is 5.75 Å². The van der Waals surface area contributed by atoms with E-state index >= 15 is 0 Å². The van der Waals surface area contributed by atoms with Crippen LogP contribution in [-0.2, 0) is 12.8 Å². The Morgan fingerprint density at radius 2 is 2.33 bits per heavy atom. The molecule has 2 nitrogen and oxygen atoms in total. The molecular formula is C18H22ClNO. The Kier molecular flexibility index (Phi) is 4.13. The van der Waals surface area contributed by atoms with Crippen molar-refractivity contribution in [3.05, 3.63) is 28.3 Å². The van der Waals surface area contributed by atoms with Crippen LogP contribution >= 0.6 is 11.6 Å². The van der Waals surface area contributed by atoms with Gasteiger partial charge in [-0.15, -0.1) is 0 Å². The number of rotatable bonds is 3. The number of ether oxygens (including phenoxy) is 1. The van der Waals surface area contributed by atoms with Crippen LogP contribution in [-0.4, -0.2) is 6.61 Å². The maximum atomic E-state index is 9.81. The van der Waals surface area contributed by atoms with E-state index in [2.05, 4.69) is 13.0 Å². The summed E-state index contributed by atoms with van der Waals surface area (Å²) in [6.07, 6.45) is 7.33. The zero-order valence-electron chi connectivity index (χ0n) is 12.6. The largest absolute Gasteiger partial charge is 0.493 e. The lowest BCUT2D eigenvalue weighted by atomic mass is 9.67. The van der Waals surface area contributed by atoms with Crippen molar-refractivity contribution in [3.8, 4) is 11.8 Å². The van der Waals surface area contributed by atoms with E-state index in [4.69, 9.17) is 16.3 Å². The molecular weight excluding hydrogens is 282 g/mol. The van der Waals surface area contributed by atoms with Gasteiger partial charge in [-0.3, -0.25) is 0 Å². The molecule has 1 aliphatic heterocycles. The van der Waals surface area contributed by atoms with E-state index < -0.39 is 0 Å². The Balaban J connectivity index is 1.90. The lowest BCUT2D eigenvalue weighted by Gasteiger charge is -2.36. The number of benzene rings is 1. The fraction of sp³-hybridized carbons (Fsp3) is 0.611. The first kappa shape index (κ1) is 14.7. The zero-order valence-corrected chi connectivity index (χ0v) is 13.4. The van der Waals surface area contributed by atoms with E-state index in [-0.39, 0.29) is 5.41 Å². The molecule has 3 rings (SSSR count). The Morgan fingerprint density at radius 3 is 3.10 bits per heavy atom. The summed E-state index contributed by atoms with van der Waals surface area (Å²) in [6, 6.07) is 6.64. The van der Waals surface area contributed by atoms with E-state index in [1.807, 2.05) is 12.1 Å². The van der Waals surface area contributed by atoms with Gasteiger partial charge in [0.2, 0.25) is 0 Å². The van der Waals surface area contributed by atoms with Crippen molar-refractivity contribution in [1.82, 2.24) is 0 Å². The molecule has 2 unspecified atom stereocenters. The minimum atomic E-state index is -0.233. The lowest BCUT2D eigenvalue weighted by Crippen LogP contribution is -2.29. The van der Waals surface area contributed by atoms with Crippen LogP contribution in [0.5, 0.6) is 5.75 Å². The van der Waals surface area contributed by atoms with E-state index in [0.29, 0.717) is 5.92 Å². The van der Waals surface area contributed by atoms with Gasteiger partial charge in [-0.05, 0) is 48.4 Å². The number of hydrogen-bond donors (Lipinski definition) is 0. The molecule has 112 valence electrons. The number of halogens is 1. The maximum Gasteiger partial charge on any atom is 0.125 e. The van der Waals surface area contributed by atoms with Crippen LogP contribution in [0.15, 0.2) is 12.1 Å². The van der Waals surface area contributed by atoms with Crippen molar-refractivity contribution in [1.29, 1.82) is 5.26 Å². The normalized spacial score (nSPS) is 27.8. The molecule has 1 aromatic rings. The maximum absolute atomic E-state index is 9.81. The van der Waals surface area contributed by atoms with Crippen LogP contribution in [0.2, 0.25) is 5.02 Å². The third-order valence-electron chi connectivity index (χ3n) is 5.12. The van der Waals surface area contributed by atoms with Crippen molar-refractivity contribution in [2.24, 2.45) is 11.3 Å². The molecule has 1 saturated carbocycles. The summed E-state index contributed by atoms with van der Waals surface area (Å²) in [7, 11) is 0. The smallest absolute Gasteiger partial charge is 0.125 e. The SMILES string of the molecule is CCC1CCCC(C#N)(Cc2cc(Cl)cc3c2OCC3)C1. The van der Waals surface area contributed by atoms with Gasteiger partial charge < -0.3 is 4.74 Å². The average Bonchev–Trinajstić information content (AvgIpc) is 2.95. The van der Waals surface area contributed by atoms with Crippen LogP contribution in [0.1, 0.15) is 50.2 Å². The first-order valence-corrected chi connectivity index (χ1v) is 8.39. The lowest BCUT2D eigenvalue weighted by molar-refractivity contribution is 0.192. The van der Waals surface area contributed by atoms with Gasteiger partial charge in [0.25, 0.3) is 0 Å². The molecule has 2 aliphatic rings. The van der Waals surface area contributed by atoms with Crippen LogP contribution in [0.25, 0.3) is 0 Å². The third-order valence-corrected chi connectivity index (χ3v) is 5.33. The highest BCUT2D eigenvalue weighted by Gasteiger charge is 2.37. The summed E-state index contributed by atoms with van der Waals surface area (Å²) in [5.41, 5.74) is 2.10. The van der Waals surface area contributed by atoms with Gasteiger partial charge >= 0.3 is 0 Å². The highest BCUT2D eigenvalue weighted by Crippen LogP contribution is 2.45. The average molecular weight is 304 g/mol. The van der Waals surface area contributed by atoms with Crippen molar-refractivity contribution >= 4 is 11.6 Å². The van der Waals surface area contributed by atoms with Crippen LogP contribution in [0.4, 0.5) is 0 Å². The molecule has 0 spiro atoms. The highest BCUT2D eigenvalue weighted by atomic mass is 35.5. The quantitative estimate of drug-likeness (QED) is 0.793. The number of hydrogen-bond acceptors (Lipinski definition) is 2. The van der Waals surface area contributed by atoms with Gasteiger partial charge in [0, 0.05) is 11.4 Å². The summed E-state index contributed by atoms with van der Waals surface area (Å²) in [5.74, 6) is 1.68. The summed E-state index contributed by atoms with van der Waals surface area (Å²) < 4.78 is 5.80. The molecule has 2 atom stereocenters. The van der Waals surface area contributed by atoms with Gasteiger partial charge in [0.05, 0.1) is 18.1 Å². The van der Waals surface area contributed by atoms with E-state index in [9.17, 15) is 5.26 Å². The Bertz CT molecular complexity index is 577. The number of nitrogens with zero attached hydrogens (tertiary/aromatic N) is 1. The van der Waals surface area contributed by atoms with Crippen molar-refractivity contribution < 1.29 is 4.74 Å². The molecule has 0 saturated heterocycles. The van der Waals surface area contributed by atoms with Gasteiger partial charge in [-0.2, -0.15) is 5.26 Å². The van der Waals surface area contributed by atoms with Crippen LogP contribution in [0, 0.1) is 22.7 Å². The fourth-order valence-electron chi connectivity index (χ4n) is 3.98. The first-order chi connectivity index (χ1) is 10.2. The van der Waals surface area contributed by atoms with Crippen LogP contribution < -0.4 is 4.74 Å². The van der Waals surface area contributed by atoms with E-state index in [0.717, 1.165) is 55.0 Å². The van der Waals surface area contributed by atoms with Crippen molar-refractivity contribution in [3.63, 3.8) is 0 Å². The predicted octanol–water partition coefficient (Wildman–Crippen LogP) is 4.93. The molecule has 0 amide bonds. The second kappa shape index (κ2) is 5.89. The molecule has 0 aromatic heterocycles. The minimum absolute atomic E-state index is 0.233. The summed E-state index contributed by atoms with van der Waals surface area (Å²) >= 11 is 6.25. The second-order valence-corrected chi connectivity index (χ2v) is 7.03. The standard InChI is InChI=1S/C18H22ClNO/c1-2-13-4-3-6-18(10-13,12-20)11-15-9-16(19)8-14-5-7-21-17(14)15/h8-9,13H,2-7,10-11H2,1H3. The molecule has 21 heavy (non-hydrogen) atoms. The highest BCUT2D eigenvalue weighted by molar-refractivity contribution is 6.30.